The number of ether oxygens (including phenoxy) is 2. The molecule has 0 radical (unpaired) electrons. The average molecular weight is 509 g/mol. The molecular weight excluding hydrogens is 476 g/mol. The molecule has 0 atom stereocenters. The number of aliphatic imine (C=N–C) groups is 2. The fraction of sp³-hybridized carbons (Fsp3) is 0.290. The fourth-order valence-corrected chi connectivity index (χ4v) is 4.72. The van der Waals surface area contributed by atoms with Crippen molar-refractivity contribution in [2.75, 3.05) is 39.4 Å². The third kappa shape index (κ3) is 5.67. The molecule has 4 aromatic rings. The van der Waals surface area contributed by atoms with Gasteiger partial charge in [0.1, 0.15) is 34.5 Å². The lowest BCUT2D eigenvalue weighted by Gasteiger charge is -2.09. The van der Waals surface area contributed by atoms with Crippen LogP contribution in [0.25, 0.3) is 22.3 Å². The molecule has 0 saturated heterocycles. The van der Waals surface area contributed by atoms with Gasteiger partial charge >= 0.3 is 0 Å². The molecule has 2 aliphatic rings. The first-order valence-electron chi connectivity index (χ1n) is 13.4. The topological polar surface area (TPSA) is 80.4 Å². The molecule has 3 heterocycles. The molecule has 1 aromatic heterocycles. The monoisotopic (exact) mass is 508 g/mol. The number of hydrogen-bond acceptors (Lipinski definition) is 7. The lowest BCUT2D eigenvalue weighted by atomic mass is 10.1. The summed E-state index contributed by atoms with van der Waals surface area (Å²) in [6.45, 7) is 4.86. The zero-order chi connectivity index (χ0) is 25.6. The number of fused-ring (bicyclic) bond motifs is 1. The van der Waals surface area contributed by atoms with Gasteiger partial charge < -0.3 is 24.5 Å². The summed E-state index contributed by atoms with van der Waals surface area (Å²) in [5.41, 5.74) is 4.08. The van der Waals surface area contributed by atoms with Gasteiger partial charge in [-0.15, -0.1) is 0 Å². The number of furan rings is 1. The predicted molar refractivity (Wildman–Crippen MR) is 152 cm³/mol. The summed E-state index contributed by atoms with van der Waals surface area (Å²) >= 11 is 0. The Balaban J connectivity index is 0.952. The van der Waals surface area contributed by atoms with E-state index in [4.69, 9.17) is 13.9 Å². The van der Waals surface area contributed by atoms with Gasteiger partial charge in [-0.1, -0.05) is 12.1 Å². The van der Waals surface area contributed by atoms with Crippen LogP contribution in [0, 0.1) is 0 Å². The number of rotatable bonds is 11. The van der Waals surface area contributed by atoms with Crippen molar-refractivity contribution in [1.29, 1.82) is 0 Å². The van der Waals surface area contributed by atoms with Gasteiger partial charge in [0.15, 0.2) is 0 Å². The first-order valence-corrected chi connectivity index (χ1v) is 13.4. The molecule has 6 rings (SSSR count). The van der Waals surface area contributed by atoms with Gasteiger partial charge in [-0.05, 0) is 79.9 Å². The second kappa shape index (κ2) is 11.4. The van der Waals surface area contributed by atoms with Crippen molar-refractivity contribution in [3.63, 3.8) is 0 Å². The molecule has 0 fully saturated rings. The Kier molecular flexibility index (Phi) is 7.24. The number of nitrogens with zero attached hydrogens (tertiary/aromatic N) is 2. The molecule has 0 spiro atoms. The van der Waals surface area contributed by atoms with Gasteiger partial charge in [0.05, 0.1) is 26.3 Å². The normalized spacial score (nSPS) is 14.6. The van der Waals surface area contributed by atoms with Crippen molar-refractivity contribution in [1.82, 2.24) is 10.6 Å². The van der Waals surface area contributed by atoms with Crippen LogP contribution in [-0.2, 0) is 0 Å². The Morgan fingerprint density at radius 2 is 1.37 bits per heavy atom. The molecule has 0 aliphatic carbocycles. The molecule has 194 valence electrons. The summed E-state index contributed by atoms with van der Waals surface area (Å²) in [5.74, 6) is 4.51. The minimum absolute atomic E-state index is 0.672. The summed E-state index contributed by atoms with van der Waals surface area (Å²) < 4.78 is 18.1. The molecule has 38 heavy (non-hydrogen) atoms. The summed E-state index contributed by atoms with van der Waals surface area (Å²) in [6, 6.07) is 24.5. The molecule has 0 saturated carbocycles. The fourth-order valence-electron chi connectivity index (χ4n) is 4.72. The van der Waals surface area contributed by atoms with Gasteiger partial charge in [-0.2, -0.15) is 0 Å². The van der Waals surface area contributed by atoms with E-state index in [9.17, 15) is 0 Å². The number of amidine groups is 2. The van der Waals surface area contributed by atoms with E-state index in [1.54, 1.807) is 0 Å². The van der Waals surface area contributed by atoms with Crippen molar-refractivity contribution < 1.29 is 13.9 Å². The maximum absolute atomic E-state index is 6.13. The molecule has 3 aromatic carbocycles. The molecule has 0 bridgehead atoms. The Bertz CT molecular complexity index is 1460. The first kappa shape index (κ1) is 24.1. The smallest absolute Gasteiger partial charge is 0.135 e. The van der Waals surface area contributed by atoms with Crippen molar-refractivity contribution in [3.05, 3.63) is 83.9 Å². The Morgan fingerprint density at radius 1 is 0.658 bits per heavy atom. The largest absolute Gasteiger partial charge is 0.494 e. The first-order chi connectivity index (χ1) is 18.8. The highest BCUT2D eigenvalue weighted by molar-refractivity contribution is 6.02. The van der Waals surface area contributed by atoms with Crippen molar-refractivity contribution in [2.45, 2.75) is 19.3 Å². The molecule has 0 amide bonds. The third-order valence-corrected chi connectivity index (χ3v) is 6.71. The SMILES string of the molecule is c1cc(OCCCCCOc2ccc(C3=NCCN3)cc2)cc(-c2cc3cc(C4=NCCN4)ccc3o2)c1. The van der Waals surface area contributed by atoms with Crippen LogP contribution in [0.2, 0.25) is 0 Å². The highest BCUT2D eigenvalue weighted by Crippen LogP contribution is 2.30. The standard InChI is InChI=1S/C31H32N4O3/c1(2-17-36-26-10-7-22(8-11-26)30-32-13-14-33-30)3-18-37-27-6-4-5-23(20-27)29-21-25-19-24(9-12-28(25)38-29)31-34-15-16-35-31/h4-12,19-21H,1-3,13-18H2,(H,32,33)(H,34,35). The zero-order valence-corrected chi connectivity index (χ0v) is 21.4. The van der Waals surface area contributed by atoms with Crippen LogP contribution in [-0.4, -0.2) is 51.1 Å². The van der Waals surface area contributed by atoms with Gasteiger partial charge in [0, 0.05) is 35.2 Å². The van der Waals surface area contributed by atoms with Gasteiger partial charge in [-0.25, -0.2) is 0 Å². The molecular formula is C31H32N4O3. The highest BCUT2D eigenvalue weighted by atomic mass is 16.5. The molecule has 7 nitrogen and oxygen atoms in total. The minimum Gasteiger partial charge on any atom is -0.494 e. The lowest BCUT2D eigenvalue weighted by molar-refractivity contribution is 0.279. The zero-order valence-electron chi connectivity index (χ0n) is 21.4. The van der Waals surface area contributed by atoms with E-state index in [0.717, 1.165) is 102 Å². The van der Waals surface area contributed by atoms with Crippen LogP contribution in [0.3, 0.4) is 0 Å². The van der Waals surface area contributed by atoms with Crippen molar-refractivity contribution in [2.24, 2.45) is 9.98 Å². The van der Waals surface area contributed by atoms with Crippen LogP contribution in [0.5, 0.6) is 11.5 Å². The summed E-state index contributed by atoms with van der Waals surface area (Å²) in [5, 5.41) is 7.69. The minimum atomic E-state index is 0.672. The van der Waals surface area contributed by atoms with Crippen LogP contribution in [0.15, 0.2) is 87.2 Å². The van der Waals surface area contributed by atoms with Crippen molar-refractivity contribution >= 4 is 22.6 Å². The van der Waals surface area contributed by atoms with Crippen LogP contribution >= 0.6 is 0 Å². The third-order valence-electron chi connectivity index (χ3n) is 6.71. The molecule has 2 aliphatic heterocycles. The highest BCUT2D eigenvalue weighted by Gasteiger charge is 2.12. The number of benzene rings is 3. The van der Waals surface area contributed by atoms with E-state index < -0.39 is 0 Å². The van der Waals surface area contributed by atoms with E-state index in [-0.39, 0.29) is 0 Å². The number of unbranched alkanes of at least 4 members (excludes halogenated alkanes) is 2. The molecule has 7 heteroatoms. The molecule has 0 unspecified atom stereocenters. The van der Waals surface area contributed by atoms with E-state index in [0.29, 0.717) is 13.2 Å². The van der Waals surface area contributed by atoms with Gasteiger partial charge in [0.25, 0.3) is 0 Å². The van der Waals surface area contributed by atoms with Crippen LogP contribution in [0.1, 0.15) is 30.4 Å². The maximum Gasteiger partial charge on any atom is 0.135 e. The summed E-state index contributed by atoms with van der Waals surface area (Å²) in [6.07, 6.45) is 3.01. The molecule has 2 N–H and O–H groups in total. The maximum atomic E-state index is 6.13. The van der Waals surface area contributed by atoms with Gasteiger partial charge in [-0.3, -0.25) is 9.98 Å². The number of hydrogen-bond donors (Lipinski definition) is 2. The Hall–Kier alpha value is -4.26. The van der Waals surface area contributed by atoms with E-state index in [1.165, 1.54) is 0 Å². The van der Waals surface area contributed by atoms with E-state index in [1.807, 2.05) is 36.4 Å². The van der Waals surface area contributed by atoms with Gasteiger partial charge in [0.2, 0.25) is 0 Å². The predicted octanol–water partition coefficient (Wildman–Crippen LogP) is 5.43. The van der Waals surface area contributed by atoms with E-state index in [2.05, 4.69) is 57.0 Å². The van der Waals surface area contributed by atoms with E-state index >= 15 is 0 Å². The van der Waals surface area contributed by atoms with Crippen molar-refractivity contribution in [3.8, 4) is 22.8 Å². The summed E-state index contributed by atoms with van der Waals surface area (Å²) in [7, 11) is 0. The van der Waals surface area contributed by atoms with Crippen LogP contribution in [0.4, 0.5) is 0 Å². The average Bonchev–Trinajstić information content (AvgIpc) is 3.74. The summed E-state index contributed by atoms with van der Waals surface area (Å²) in [4.78, 5) is 8.96. The Morgan fingerprint density at radius 3 is 2.11 bits per heavy atom. The second-order valence-electron chi connectivity index (χ2n) is 9.49. The lowest BCUT2D eigenvalue weighted by Crippen LogP contribution is -2.19. The van der Waals surface area contributed by atoms with Crippen LogP contribution < -0.4 is 20.1 Å². The second-order valence-corrected chi connectivity index (χ2v) is 9.49. The number of nitrogens with one attached hydrogen (secondary N) is 2. The Labute approximate surface area is 222 Å². The quantitative estimate of drug-likeness (QED) is 0.264.